The Kier molecular flexibility index (Phi) is 6.66. The summed E-state index contributed by atoms with van der Waals surface area (Å²) in [7, 11) is 0. The molecule has 2 nitrogen and oxygen atoms in total. The zero-order valence-electron chi connectivity index (χ0n) is 11.5. The Balaban J connectivity index is 2.18. The highest BCUT2D eigenvalue weighted by molar-refractivity contribution is 9.10. The number of hydrogen-bond donors (Lipinski definition) is 1. The molecule has 1 saturated heterocycles. The second kappa shape index (κ2) is 8.01. The lowest BCUT2D eigenvalue weighted by Crippen LogP contribution is -2.39. The van der Waals surface area contributed by atoms with Crippen LogP contribution in [0.15, 0.2) is 21.2 Å². The molecule has 3 atom stereocenters. The highest BCUT2D eigenvalue weighted by Gasteiger charge is 2.35. The van der Waals surface area contributed by atoms with Crippen LogP contribution in [0.1, 0.15) is 38.5 Å². The Labute approximate surface area is 133 Å². The SMILES string of the molecule is CCCNC(c1occc1Br)C1SCCSC1CC. The lowest BCUT2D eigenvalue weighted by molar-refractivity contribution is 0.395. The van der Waals surface area contributed by atoms with Crippen LogP contribution in [0.3, 0.4) is 0 Å². The molecule has 3 unspecified atom stereocenters. The van der Waals surface area contributed by atoms with Gasteiger partial charge < -0.3 is 9.73 Å². The fraction of sp³-hybridized carbons (Fsp3) is 0.714. The molecule has 1 N–H and O–H groups in total. The smallest absolute Gasteiger partial charge is 0.135 e. The first-order chi connectivity index (χ1) is 9.27. The minimum Gasteiger partial charge on any atom is -0.466 e. The molecule has 108 valence electrons. The molecule has 1 aliphatic heterocycles. The van der Waals surface area contributed by atoms with Gasteiger partial charge in [0, 0.05) is 22.0 Å². The quantitative estimate of drug-likeness (QED) is 0.790. The topological polar surface area (TPSA) is 25.2 Å². The van der Waals surface area contributed by atoms with Gasteiger partial charge in [0.2, 0.25) is 0 Å². The molecule has 1 aromatic rings. The summed E-state index contributed by atoms with van der Waals surface area (Å²) >= 11 is 7.83. The summed E-state index contributed by atoms with van der Waals surface area (Å²) in [6.45, 7) is 5.54. The highest BCUT2D eigenvalue weighted by atomic mass is 79.9. The van der Waals surface area contributed by atoms with E-state index in [-0.39, 0.29) is 0 Å². The third-order valence-electron chi connectivity index (χ3n) is 3.36. The standard InChI is InChI=1S/C14H22BrNOS2/c1-3-6-16-12(13-10(15)5-7-17-13)14-11(4-2)18-8-9-19-14/h5,7,11-12,14,16H,3-4,6,8-9H2,1-2H3. The zero-order valence-corrected chi connectivity index (χ0v) is 14.7. The van der Waals surface area contributed by atoms with Gasteiger partial charge in [0.1, 0.15) is 5.76 Å². The molecule has 0 amide bonds. The van der Waals surface area contributed by atoms with Crippen LogP contribution >= 0.6 is 39.5 Å². The normalized spacial score (nSPS) is 25.4. The maximum atomic E-state index is 5.74. The first kappa shape index (κ1) is 15.8. The number of thioether (sulfide) groups is 2. The van der Waals surface area contributed by atoms with Gasteiger partial charge in [-0.05, 0) is 41.4 Å². The molecule has 0 radical (unpaired) electrons. The highest BCUT2D eigenvalue weighted by Crippen LogP contribution is 2.42. The van der Waals surface area contributed by atoms with Gasteiger partial charge in [0.05, 0.1) is 16.8 Å². The molecule has 0 saturated carbocycles. The van der Waals surface area contributed by atoms with E-state index in [9.17, 15) is 0 Å². The van der Waals surface area contributed by atoms with Crippen molar-refractivity contribution in [2.75, 3.05) is 18.1 Å². The van der Waals surface area contributed by atoms with Crippen molar-refractivity contribution in [3.05, 3.63) is 22.6 Å². The van der Waals surface area contributed by atoms with Gasteiger partial charge in [-0.15, -0.1) is 0 Å². The average Bonchev–Trinajstić information content (AvgIpc) is 2.86. The lowest BCUT2D eigenvalue weighted by atomic mass is 10.1. The molecular formula is C14H22BrNOS2. The van der Waals surface area contributed by atoms with Gasteiger partial charge >= 0.3 is 0 Å². The molecule has 19 heavy (non-hydrogen) atoms. The molecule has 0 bridgehead atoms. The van der Waals surface area contributed by atoms with Crippen LogP contribution in [0.2, 0.25) is 0 Å². The number of rotatable bonds is 6. The van der Waals surface area contributed by atoms with Crippen molar-refractivity contribution in [3.63, 3.8) is 0 Å². The van der Waals surface area contributed by atoms with Gasteiger partial charge in [-0.2, -0.15) is 23.5 Å². The average molecular weight is 364 g/mol. The fourth-order valence-electron chi connectivity index (χ4n) is 2.43. The van der Waals surface area contributed by atoms with Crippen LogP contribution in [0.25, 0.3) is 0 Å². The first-order valence-corrected chi connectivity index (χ1v) is 9.86. The molecule has 1 fully saturated rings. The largest absolute Gasteiger partial charge is 0.466 e. The Morgan fingerprint density at radius 1 is 1.42 bits per heavy atom. The molecule has 1 aromatic heterocycles. The van der Waals surface area contributed by atoms with Crippen molar-refractivity contribution in [1.82, 2.24) is 5.32 Å². The van der Waals surface area contributed by atoms with E-state index >= 15 is 0 Å². The van der Waals surface area contributed by atoms with E-state index in [0.717, 1.165) is 23.2 Å². The van der Waals surface area contributed by atoms with E-state index in [2.05, 4.69) is 58.6 Å². The summed E-state index contributed by atoms with van der Waals surface area (Å²) < 4.78 is 6.83. The Morgan fingerprint density at radius 2 is 2.21 bits per heavy atom. The summed E-state index contributed by atoms with van der Waals surface area (Å²) in [5.74, 6) is 3.58. The van der Waals surface area contributed by atoms with Crippen LogP contribution in [-0.2, 0) is 0 Å². The van der Waals surface area contributed by atoms with Gasteiger partial charge in [0.15, 0.2) is 0 Å². The van der Waals surface area contributed by atoms with Crippen molar-refractivity contribution in [2.45, 2.75) is 43.2 Å². The zero-order chi connectivity index (χ0) is 13.7. The maximum Gasteiger partial charge on any atom is 0.135 e. The van der Waals surface area contributed by atoms with E-state index in [1.807, 2.05) is 6.07 Å². The Hall–Kier alpha value is 0.420. The fourth-order valence-corrected chi connectivity index (χ4v) is 6.10. The van der Waals surface area contributed by atoms with Gasteiger partial charge in [0.25, 0.3) is 0 Å². The molecule has 2 rings (SSSR count). The van der Waals surface area contributed by atoms with Crippen molar-refractivity contribution in [3.8, 4) is 0 Å². The van der Waals surface area contributed by atoms with Gasteiger partial charge in [-0.3, -0.25) is 0 Å². The van der Waals surface area contributed by atoms with E-state index in [1.54, 1.807) is 6.26 Å². The molecular weight excluding hydrogens is 342 g/mol. The molecule has 5 heteroatoms. The van der Waals surface area contributed by atoms with Crippen molar-refractivity contribution < 1.29 is 4.42 Å². The summed E-state index contributed by atoms with van der Waals surface area (Å²) in [5.41, 5.74) is 0. The van der Waals surface area contributed by atoms with Crippen LogP contribution in [0, 0.1) is 0 Å². The number of furan rings is 1. The molecule has 2 heterocycles. The van der Waals surface area contributed by atoms with Crippen molar-refractivity contribution in [2.24, 2.45) is 0 Å². The molecule has 0 spiro atoms. The van der Waals surface area contributed by atoms with E-state index in [0.29, 0.717) is 16.5 Å². The Bertz CT molecular complexity index is 385. The van der Waals surface area contributed by atoms with Gasteiger partial charge in [-0.1, -0.05) is 13.8 Å². The predicted molar refractivity (Wildman–Crippen MR) is 90.2 cm³/mol. The van der Waals surface area contributed by atoms with E-state index in [1.165, 1.54) is 17.9 Å². The van der Waals surface area contributed by atoms with E-state index in [4.69, 9.17) is 4.42 Å². The minimum atomic E-state index is 0.312. The third-order valence-corrected chi connectivity index (χ3v) is 7.37. The molecule has 1 aliphatic rings. The Morgan fingerprint density at radius 3 is 2.84 bits per heavy atom. The number of halogens is 1. The monoisotopic (exact) mass is 363 g/mol. The van der Waals surface area contributed by atoms with Gasteiger partial charge in [-0.25, -0.2) is 0 Å². The minimum absolute atomic E-state index is 0.312. The van der Waals surface area contributed by atoms with Crippen molar-refractivity contribution >= 4 is 39.5 Å². The van der Waals surface area contributed by atoms with Crippen LogP contribution < -0.4 is 5.32 Å². The summed E-state index contributed by atoms with van der Waals surface area (Å²) in [5, 5.41) is 5.00. The maximum absolute atomic E-state index is 5.74. The number of hydrogen-bond acceptors (Lipinski definition) is 4. The lowest BCUT2D eigenvalue weighted by Gasteiger charge is -2.35. The third kappa shape index (κ3) is 3.96. The molecule has 0 aromatic carbocycles. The predicted octanol–water partition coefficient (Wildman–Crippen LogP) is 4.71. The summed E-state index contributed by atoms with van der Waals surface area (Å²) in [6, 6.07) is 2.31. The van der Waals surface area contributed by atoms with Crippen LogP contribution in [0.4, 0.5) is 0 Å². The second-order valence-corrected chi connectivity index (χ2v) is 8.20. The van der Waals surface area contributed by atoms with E-state index < -0.39 is 0 Å². The summed E-state index contributed by atoms with van der Waals surface area (Å²) in [6.07, 6.45) is 4.16. The van der Waals surface area contributed by atoms with Crippen molar-refractivity contribution in [1.29, 1.82) is 0 Å². The summed E-state index contributed by atoms with van der Waals surface area (Å²) in [4.78, 5) is 0. The number of nitrogens with one attached hydrogen (secondary N) is 1. The van der Waals surface area contributed by atoms with Crippen LogP contribution in [-0.4, -0.2) is 28.6 Å². The van der Waals surface area contributed by atoms with Crippen LogP contribution in [0.5, 0.6) is 0 Å². The first-order valence-electron chi connectivity index (χ1n) is 6.97. The second-order valence-electron chi connectivity index (χ2n) is 4.72. The molecule has 0 aliphatic carbocycles.